The fraction of sp³-hybridized carbons (Fsp3) is 0.444. The van der Waals surface area contributed by atoms with Crippen molar-refractivity contribution in [2.45, 2.75) is 38.3 Å². The fourth-order valence-corrected chi connectivity index (χ4v) is 5.17. The average molecular weight is 478 g/mol. The molecule has 1 saturated carbocycles. The first-order chi connectivity index (χ1) is 16.7. The van der Waals surface area contributed by atoms with Crippen molar-refractivity contribution in [3.63, 3.8) is 0 Å². The molecule has 0 aromatic heterocycles. The lowest BCUT2D eigenvalue weighted by atomic mass is 9.90. The quantitative estimate of drug-likeness (QED) is 0.705. The van der Waals surface area contributed by atoms with Crippen LogP contribution in [-0.2, 0) is 4.74 Å². The summed E-state index contributed by atoms with van der Waals surface area (Å²) in [6.45, 7) is 7.11. The maximum Gasteiger partial charge on any atom is 0.410 e. The first kappa shape index (κ1) is 23.2. The third-order valence-electron chi connectivity index (χ3n) is 6.97. The van der Waals surface area contributed by atoms with Crippen LogP contribution in [0.25, 0.3) is 0 Å². The first-order valence-electron chi connectivity index (χ1n) is 12.0. The van der Waals surface area contributed by atoms with E-state index in [9.17, 15) is 14.4 Å². The van der Waals surface area contributed by atoms with Crippen LogP contribution in [0, 0.1) is 11.8 Å². The number of carbonyl (C=O) groups excluding carboxylic acids is 3. The van der Waals surface area contributed by atoms with E-state index in [2.05, 4.69) is 10.6 Å². The van der Waals surface area contributed by atoms with Gasteiger partial charge in [-0.05, 0) is 38.5 Å². The number of likely N-dealkylation sites (tertiary alicyclic amines) is 1. The molecule has 2 heterocycles. The Labute approximate surface area is 205 Å². The van der Waals surface area contributed by atoms with Gasteiger partial charge in [0.15, 0.2) is 0 Å². The lowest BCUT2D eigenvalue weighted by Gasteiger charge is -2.26. The number of benzene rings is 2. The molecule has 184 valence electrons. The molecule has 0 bridgehead atoms. The Morgan fingerprint density at radius 1 is 1.03 bits per heavy atom. The lowest BCUT2D eigenvalue weighted by molar-refractivity contribution is 0.0269. The molecule has 2 aromatic carbocycles. The molecule has 0 radical (unpaired) electrons. The third kappa shape index (κ3) is 4.45. The van der Waals surface area contributed by atoms with Gasteiger partial charge in [-0.3, -0.25) is 9.59 Å². The number of hydrogen-bond acceptors (Lipinski definition) is 5. The summed E-state index contributed by atoms with van der Waals surface area (Å²) in [6, 6.07) is 13.4. The summed E-state index contributed by atoms with van der Waals surface area (Å²) in [7, 11) is 1.56. The van der Waals surface area contributed by atoms with E-state index >= 15 is 0 Å². The SMILES string of the molecule is CNC(=O)c1cc(C(=O)NC2C3CN(C(=O)OC(C)(C)C)C[C@H]32)cc2c1OC[C@H]2c1ccccc1. The minimum absolute atomic E-state index is 0.0130. The second-order valence-electron chi connectivity index (χ2n) is 10.5. The summed E-state index contributed by atoms with van der Waals surface area (Å²) in [5, 5.41) is 5.77. The normalized spacial score (nSPS) is 24.2. The predicted molar refractivity (Wildman–Crippen MR) is 130 cm³/mol. The van der Waals surface area contributed by atoms with Crippen molar-refractivity contribution in [3.05, 3.63) is 64.7 Å². The molecule has 2 fully saturated rings. The Morgan fingerprint density at radius 2 is 1.71 bits per heavy atom. The molecule has 2 N–H and O–H groups in total. The zero-order chi connectivity index (χ0) is 24.9. The van der Waals surface area contributed by atoms with Crippen molar-refractivity contribution in [1.82, 2.24) is 15.5 Å². The molecule has 35 heavy (non-hydrogen) atoms. The van der Waals surface area contributed by atoms with Crippen LogP contribution in [0.5, 0.6) is 5.75 Å². The molecule has 8 heteroatoms. The minimum atomic E-state index is -0.533. The Hall–Kier alpha value is -3.55. The Bertz CT molecular complexity index is 1160. The molecule has 5 rings (SSSR count). The monoisotopic (exact) mass is 477 g/mol. The van der Waals surface area contributed by atoms with Gasteiger partial charge < -0.3 is 25.0 Å². The van der Waals surface area contributed by atoms with E-state index in [1.807, 2.05) is 57.2 Å². The molecule has 3 aliphatic rings. The Kier molecular flexibility index (Phi) is 5.69. The van der Waals surface area contributed by atoms with Crippen LogP contribution in [0.3, 0.4) is 0 Å². The lowest BCUT2D eigenvalue weighted by Crippen LogP contribution is -2.40. The van der Waals surface area contributed by atoms with E-state index in [0.717, 1.165) is 11.1 Å². The van der Waals surface area contributed by atoms with Crippen LogP contribution in [0.15, 0.2) is 42.5 Å². The second kappa shape index (κ2) is 8.59. The number of piperidine rings is 1. The first-order valence-corrected chi connectivity index (χ1v) is 12.0. The van der Waals surface area contributed by atoms with Crippen LogP contribution >= 0.6 is 0 Å². The number of hydrogen-bond donors (Lipinski definition) is 2. The van der Waals surface area contributed by atoms with Crippen LogP contribution in [0.2, 0.25) is 0 Å². The number of nitrogens with one attached hydrogen (secondary N) is 2. The van der Waals surface area contributed by atoms with Gasteiger partial charge in [-0.25, -0.2) is 4.79 Å². The van der Waals surface area contributed by atoms with E-state index in [-0.39, 0.29) is 41.7 Å². The molecule has 2 aliphatic heterocycles. The van der Waals surface area contributed by atoms with Gasteiger partial charge in [-0.2, -0.15) is 0 Å². The van der Waals surface area contributed by atoms with Crippen molar-refractivity contribution >= 4 is 17.9 Å². The van der Waals surface area contributed by atoms with E-state index < -0.39 is 5.60 Å². The standard InChI is InChI=1S/C27H31N3O5/c1-27(2,3)35-26(33)30-12-19-20(13-30)22(19)29-24(31)16-10-17-21(15-8-6-5-7-9-15)14-34-23(17)18(11-16)25(32)28-4/h5-11,19-22H,12-14H2,1-4H3,(H,28,32)(H,29,31)/t19-,20?,21+,22?/m1/s1. The number of rotatable bonds is 4. The zero-order valence-electron chi connectivity index (χ0n) is 20.5. The number of fused-ring (bicyclic) bond motifs is 2. The molecule has 4 atom stereocenters. The Balaban J connectivity index is 1.32. The summed E-state index contributed by atoms with van der Waals surface area (Å²) in [5.74, 6) is 0.413. The highest BCUT2D eigenvalue weighted by molar-refractivity contribution is 6.02. The third-order valence-corrected chi connectivity index (χ3v) is 6.97. The van der Waals surface area contributed by atoms with Gasteiger partial charge in [0.1, 0.15) is 11.4 Å². The molecule has 1 aliphatic carbocycles. The molecule has 3 amide bonds. The van der Waals surface area contributed by atoms with Crippen molar-refractivity contribution < 1.29 is 23.9 Å². The van der Waals surface area contributed by atoms with Gasteiger partial charge in [-0.15, -0.1) is 0 Å². The highest BCUT2D eigenvalue weighted by Gasteiger charge is 2.58. The van der Waals surface area contributed by atoms with Crippen molar-refractivity contribution in [3.8, 4) is 5.75 Å². The van der Waals surface area contributed by atoms with Crippen LogP contribution in [0.1, 0.15) is 58.5 Å². The predicted octanol–water partition coefficient (Wildman–Crippen LogP) is 3.17. The summed E-state index contributed by atoms with van der Waals surface area (Å²) in [6.07, 6.45) is -0.310. The smallest absolute Gasteiger partial charge is 0.410 e. The summed E-state index contributed by atoms with van der Waals surface area (Å²) < 4.78 is 11.4. The van der Waals surface area contributed by atoms with E-state index in [1.54, 1.807) is 18.0 Å². The average Bonchev–Trinajstić information content (AvgIpc) is 3.18. The second-order valence-corrected chi connectivity index (χ2v) is 10.5. The van der Waals surface area contributed by atoms with Crippen molar-refractivity contribution in [2.24, 2.45) is 11.8 Å². The van der Waals surface area contributed by atoms with E-state index in [4.69, 9.17) is 9.47 Å². The highest BCUT2D eigenvalue weighted by atomic mass is 16.6. The topological polar surface area (TPSA) is 97.0 Å². The van der Waals surface area contributed by atoms with Gasteiger partial charge in [-0.1, -0.05) is 30.3 Å². The summed E-state index contributed by atoms with van der Waals surface area (Å²) in [4.78, 5) is 39.9. The van der Waals surface area contributed by atoms with E-state index in [1.165, 1.54) is 0 Å². The van der Waals surface area contributed by atoms with Gasteiger partial charge in [0.25, 0.3) is 11.8 Å². The fourth-order valence-electron chi connectivity index (χ4n) is 5.17. The molecular formula is C27H31N3O5. The van der Waals surface area contributed by atoms with Gasteiger partial charge >= 0.3 is 6.09 Å². The maximum atomic E-state index is 13.2. The summed E-state index contributed by atoms with van der Waals surface area (Å²) >= 11 is 0. The van der Waals surface area contributed by atoms with Crippen LogP contribution < -0.4 is 15.4 Å². The zero-order valence-corrected chi connectivity index (χ0v) is 20.5. The molecular weight excluding hydrogens is 446 g/mol. The number of nitrogens with zero attached hydrogens (tertiary/aromatic N) is 1. The molecule has 0 spiro atoms. The number of ether oxygens (including phenoxy) is 2. The van der Waals surface area contributed by atoms with Gasteiger partial charge in [0.05, 0.1) is 12.2 Å². The van der Waals surface area contributed by atoms with E-state index in [0.29, 0.717) is 36.6 Å². The van der Waals surface area contributed by atoms with Crippen LogP contribution in [-0.4, -0.2) is 61.2 Å². The van der Waals surface area contributed by atoms with Gasteiger partial charge in [0.2, 0.25) is 0 Å². The largest absolute Gasteiger partial charge is 0.491 e. The molecule has 8 nitrogen and oxygen atoms in total. The minimum Gasteiger partial charge on any atom is -0.491 e. The Morgan fingerprint density at radius 3 is 2.34 bits per heavy atom. The molecule has 2 aromatic rings. The van der Waals surface area contributed by atoms with Gasteiger partial charge in [0, 0.05) is 55.1 Å². The van der Waals surface area contributed by atoms with Crippen molar-refractivity contribution in [1.29, 1.82) is 0 Å². The highest BCUT2D eigenvalue weighted by Crippen LogP contribution is 2.46. The van der Waals surface area contributed by atoms with Crippen molar-refractivity contribution in [2.75, 3.05) is 26.7 Å². The number of carbonyl (C=O) groups is 3. The summed E-state index contributed by atoms with van der Waals surface area (Å²) in [5.41, 5.74) is 2.18. The van der Waals surface area contributed by atoms with Crippen LogP contribution in [0.4, 0.5) is 4.79 Å². The molecule has 2 unspecified atom stereocenters. The number of amides is 3. The molecule has 1 saturated heterocycles. The maximum absolute atomic E-state index is 13.2.